The molecule has 0 N–H and O–H groups in total. The Bertz CT molecular complexity index is 1280. The predicted octanol–water partition coefficient (Wildman–Crippen LogP) is 3.71. The predicted molar refractivity (Wildman–Crippen MR) is 134 cm³/mol. The molecule has 0 radical (unpaired) electrons. The number of hydrogen-bond donors (Lipinski definition) is 0. The third-order valence-electron chi connectivity index (χ3n) is 6.31. The van der Waals surface area contributed by atoms with Crippen molar-refractivity contribution in [2.24, 2.45) is 0 Å². The molecule has 37 heavy (non-hydrogen) atoms. The molecule has 5 rings (SSSR count). The SMILES string of the molecule is CC(=O)c1nn(CC(=O)OC(C)(C)C)c2ccc(O[C@@H]3CO[C@H]4[C@@H]3OC[C@H]4OCc3ccccc3)cc12. The number of esters is 1. The Hall–Kier alpha value is -3.27. The number of benzene rings is 2. The number of ketones is 1. The molecule has 9 nitrogen and oxygen atoms in total. The molecular weight excluding hydrogens is 476 g/mol. The van der Waals surface area contributed by atoms with Gasteiger partial charge in [-0.15, -0.1) is 0 Å². The van der Waals surface area contributed by atoms with E-state index in [1.165, 1.54) is 11.6 Å². The van der Waals surface area contributed by atoms with Crippen molar-refractivity contribution < 1.29 is 33.3 Å². The van der Waals surface area contributed by atoms with Crippen molar-refractivity contribution in [2.45, 2.75) is 70.9 Å². The van der Waals surface area contributed by atoms with Crippen LogP contribution in [0.4, 0.5) is 0 Å². The lowest BCUT2D eigenvalue weighted by Gasteiger charge is -2.19. The standard InChI is InChI=1S/C28H32N2O7/c1-17(31)25-20-12-19(10-11-21(20)30(29-25)13-24(32)37-28(2,3)4)36-23-16-35-26-22(15-34-27(23)26)33-14-18-8-6-5-7-9-18/h5-12,22-23,26-27H,13-16H2,1-4H3/t22-,23-,26-,27-/m1/s1. The normalized spacial score (nSPS) is 23.2. The molecule has 2 saturated heterocycles. The lowest BCUT2D eigenvalue weighted by molar-refractivity contribution is -0.155. The highest BCUT2D eigenvalue weighted by Crippen LogP contribution is 2.33. The van der Waals surface area contributed by atoms with Crippen molar-refractivity contribution in [3.8, 4) is 5.75 Å². The molecule has 196 valence electrons. The number of Topliss-reactive ketones (excluding diaryl/α,β-unsaturated/α-hetero) is 1. The van der Waals surface area contributed by atoms with Gasteiger partial charge in [-0.25, -0.2) is 0 Å². The van der Waals surface area contributed by atoms with Crippen molar-refractivity contribution in [1.29, 1.82) is 0 Å². The van der Waals surface area contributed by atoms with Crippen LogP contribution >= 0.6 is 0 Å². The van der Waals surface area contributed by atoms with E-state index in [2.05, 4.69) is 5.10 Å². The third-order valence-corrected chi connectivity index (χ3v) is 6.31. The van der Waals surface area contributed by atoms with Gasteiger partial charge in [0.1, 0.15) is 41.9 Å². The molecule has 3 heterocycles. The van der Waals surface area contributed by atoms with Crippen molar-refractivity contribution >= 4 is 22.7 Å². The van der Waals surface area contributed by atoms with E-state index in [-0.39, 0.29) is 42.4 Å². The number of rotatable bonds is 8. The molecular formula is C28H32N2O7. The molecule has 3 aromatic rings. The van der Waals surface area contributed by atoms with Gasteiger partial charge in [0.25, 0.3) is 0 Å². The highest BCUT2D eigenvalue weighted by atomic mass is 16.6. The molecule has 2 aliphatic heterocycles. The number of fused-ring (bicyclic) bond motifs is 2. The minimum atomic E-state index is -0.612. The van der Waals surface area contributed by atoms with Gasteiger partial charge in [-0.3, -0.25) is 14.3 Å². The zero-order valence-electron chi connectivity index (χ0n) is 21.5. The van der Waals surface area contributed by atoms with Crippen LogP contribution in [0.3, 0.4) is 0 Å². The van der Waals surface area contributed by atoms with Crippen molar-refractivity contribution in [2.75, 3.05) is 13.2 Å². The first-order chi connectivity index (χ1) is 17.7. The Morgan fingerprint density at radius 3 is 2.43 bits per heavy atom. The summed E-state index contributed by atoms with van der Waals surface area (Å²) in [6, 6.07) is 15.4. The van der Waals surface area contributed by atoms with Crippen molar-refractivity contribution in [1.82, 2.24) is 9.78 Å². The first-order valence-corrected chi connectivity index (χ1v) is 12.5. The molecule has 9 heteroatoms. The Morgan fingerprint density at radius 2 is 1.73 bits per heavy atom. The zero-order chi connectivity index (χ0) is 26.2. The highest BCUT2D eigenvalue weighted by molar-refractivity contribution is 6.05. The van der Waals surface area contributed by atoms with Crippen LogP contribution in [0.1, 0.15) is 43.7 Å². The summed E-state index contributed by atoms with van der Waals surface area (Å²) in [6.07, 6.45) is -0.942. The molecule has 0 spiro atoms. The summed E-state index contributed by atoms with van der Waals surface area (Å²) in [5.41, 5.74) is 1.41. The maximum absolute atomic E-state index is 12.4. The maximum atomic E-state index is 12.4. The Kier molecular flexibility index (Phi) is 7.02. The summed E-state index contributed by atoms with van der Waals surface area (Å²) in [5, 5.41) is 5.00. The van der Waals surface area contributed by atoms with E-state index in [0.717, 1.165) is 5.56 Å². The number of aromatic nitrogens is 2. The minimum absolute atomic E-state index is 0.0975. The summed E-state index contributed by atoms with van der Waals surface area (Å²) < 4.78 is 31.2. The van der Waals surface area contributed by atoms with Crippen molar-refractivity contribution in [3.63, 3.8) is 0 Å². The molecule has 0 saturated carbocycles. The molecule has 0 aliphatic carbocycles. The largest absolute Gasteiger partial charge is 0.485 e. The molecule has 1 aromatic heterocycles. The Balaban J connectivity index is 1.28. The van der Waals surface area contributed by atoms with Crippen LogP contribution in [0.25, 0.3) is 10.9 Å². The van der Waals surface area contributed by atoms with Gasteiger partial charge in [-0.05, 0) is 44.5 Å². The van der Waals surface area contributed by atoms with Crippen LogP contribution in [-0.2, 0) is 36.9 Å². The number of nitrogens with zero attached hydrogens (tertiary/aromatic N) is 2. The van der Waals surface area contributed by atoms with Gasteiger partial charge in [-0.1, -0.05) is 30.3 Å². The van der Waals surface area contributed by atoms with Crippen LogP contribution in [0, 0.1) is 0 Å². The van der Waals surface area contributed by atoms with Gasteiger partial charge in [0, 0.05) is 12.3 Å². The van der Waals surface area contributed by atoms with Crippen LogP contribution in [-0.4, -0.2) is 64.8 Å². The van der Waals surface area contributed by atoms with Crippen molar-refractivity contribution in [3.05, 3.63) is 59.8 Å². The smallest absolute Gasteiger partial charge is 0.328 e. The monoisotopic (exact) mass is 508 g/mol. The van der Waals surface area contributed by atoms with Gasteiger partial charge in [0.15, 0.2) is 11.9 Å². The van der Waals surface area contributed by atoms with E-state index in [1.807, 2.05) is 30.3 Å². The summed E-state index contributed by atoms with van der Waals surface area (Å²) in [5.74, 6) is -0.0610. The van der Waals surface area contributed by atoms with Gasteiger partial charge in [-0.2, -0.15) is 5.10 Å². The summed E-state index contributed by atoms with van der Waals surface area (Å²) >= 11 is 0. The van der Waals surface area contributed by atoms with E-state index in [1.54, 1.807) is 39.0 Å². The van der Waals surface area contributed by atoms with Gasteiger partial charge in [0.2, 0.25) is 0 Å². The number of carbonyl (C=O) groups is 2. The van der Waals surface area contributed by atoms with Crippen LogP contribution in [0.5, 0.6) is 5.75 Å². The van der Waals surface area contributed by atoms with E-state index < -0.39 is 11.6 Å². The lowest BCUT2D eigenvalue weighted by Crippen LogP contribution is -2.35. The molecule has 2 aromatic carbocycles. The molecule has 0 bridgehead atoms. The molecule has 0 amide bonds. The fourth-order valence-corrected chi connectivity index (χ4v) is 4.73. The minimum Gasteiger partial charge on any atom is -0.485 e. The molecule has 2 aliphatic rings. The van der Waals surface area contributed by atoms with Gasteiger partial charge in [0.05, 0.1) is 25.3 Å². The van der Waals surface area contributed by atoms with E-state index in [9.17, 15) is 9.59 Å². The first-order valence-electron chi connectivity index (χ1n) is 12.5. The summed E-state index contributed by atoms with van der Waals surface area (Å²) in [4.78, 5) is 24.7. The summed E-state index contributed by atoms with van der Waals surface area (Å²) in [6.45, 7) is 8.07. The molecule has 0 unspecified atom stereocenters. The second-order valence-electron chi connectivity index (χ2n) is 10.4. The van der Waals surface area contributed by atoms with E-state index in [0.29, 0.717) is 36.5 Å². The fraction of sp³-hybridized carbons (Fsp3) is 0.464. The topological polar surface area (TPSA) is 98.1 Å². The number of ether oxygens (including phenoxy) is 5. The maximum Gasteiger partial charge on any atom is 0.328 e. The van der Waals surface area contributed by atoms with Crippen LogP contribution in [0.15, 0.2) is 48.5 Å². The Labute approximate surface area is 215 Å². The lowest BCUT2D eigenvalue weighted by atomic mass is 10.1. The quantitative estimate of drug-likeness (QED) is 0.336. The first kappa shape index (κ1) is 25.4. The van der Waals surface area contributed by atoms with Crippen LogP contribution < -0.4 is 4.74 Å². The summed E-state index contributed by atoms with van der Waals surface area (Å²) in [7, 11) is 0. The molecule has 4 atom stereocenters. The van der Waals surface area contributed by atoms with Gasteiger partial charge < -0.3 is 23.7 Å². The number of carbonyl (C=O) groups excluding carboxylic acids is 2. The van der Waals surface area contributed by atoms with Gasteiger partial charge >= 0.3 is 5.97 Å². The second kappa shape index (κ2) is 10.2. The molecule has 2 fully saturated rings. The van der Waals surface area contributed by atoms with Crippen LogP contribution in [0.2, 0.25) is 0 Å². The fourth-order valence-electron chi connectivity index (χ4n) is 4.73. The average Bonchev–Trinajstić information content (AvgIpc) is 3.52. The zero-order valence-corrected chi connectivity index (χ0v) is 21.5. The third kappa shape index (κ3) is 5.69. The number of hydrogen-bond acceptors (Lipinski definition) is 8. The Morgan fingerprint density at radius 1 is 1.03 bits per heavy atom. The highest BCUT2D eigenvalue weighted by Gasteiger charge is 2.49. The van der Waals surface area contributed by atoms with E-state index >= 15 is 0 Å². The average molecular weight is 509 g/mol. The van der Waals surface area contributed by atoms with E-state index in [4.69, 9.17) is 23.7 Å². The second-order valence-corrected chi connectivity index (χ2v) is 10.4.